The van der Waals surface area contributed by atoms with Crippen molar-refractivity contribution < 1.29 is 4.79 Å². The first-order chi connectivity index (χ1) is 16.2. The minimum Gasteiger partial charge on any atom is -0.320 e. The fourth-order valence-corrected chi connectivity index (χ4v) is 4.16. The van der Waals surface area contributed by atoms with Crippen molar-refractivity contribution in [2.75, 3.05) is 0 Å². The third-order valence-electron chi connectivity index (χ3n) is 5.55. The molecule has 0 saturated heterocycles. The number of H-pyrrole nitrogens is 1. The van der Waals surface area contributed by atoms with Crippen molar-refractivity contribution in [1.82, 2.24) is 39.6 Å². The van der Waals surface area contributed by atoms with Crippen LogP contribution in [-0.2, 0) is 13.0 Å². The SMILES string of the molecule is CCCCc1nc(Cl)c(C=O)n1Cc1ccc2nc(-c3ccccc3-c3nn[nH]n3)cn2c1. The number of nitrogens with one attached hydrogen (secondary N) is 1. The number of hydrogen-bond acceptors (Lipinski definition) is 6. The normalized spacial score (nSPS) is 11.3. The Bertz CT molecular complexity index is 1420. The summed E-state index contributed by atoms with van der Waals surface area (Å²) in [5, 5.41) is 14.6. The minimum absolute atomic E-state index is 0.250. The second kappa shape index (κ2) is 8.95. The predicted octanol–water partition coefficient (Wildman–Crippen LogP) is 4.23. The Labute approximate surface area is 194 Å². The van der Waals surface area contributed by atoms with E-state index in [2.05, 4.69) is 32.5 Å². The Hall–Kier alpha value is -3.85. The smallest absolute Gasteiger partial charge is 0.205 e. The van der Waals surface area contributed by atoms with E-state index in [-0.39, 0.29) is 5.15 Å². The van der Waals surface area contributed by atoms with Gasteiger partial charge in [0.05, 0.1) is 12.2 Å². The Balaban J connectivity index is 1.51. The molecule has 0 radical (unpaired) electrons. The van der Waals surface area contributed by atoms with Crippen molar-refractivity contribution in [1.29, 1.82) is 0 Å². The van der Waals surface area contributed by atoms with Crippen LogP contribution < -0.4 is 0 Å². The van der Waals surface area contributed by atoms with Crippen LogP contribution >= 0.6 is 11.6 Å². The maximum absolute atomic E-state index is 11.7. The molecule has 0 atom stereocenters. The van der Waals surface area contributed by atoms with E-state index in [0.717, 1.165) is 59.4 Å². The second-order valence-corrected chi connectivity index (χ2v) is 8.08. The molecule has 0 bridgehead atoms. The maximum atomic E-state index is 11.7. The number of aldehydes is 1. The molecule has 166 valence electrons. The van der Waals surface area contributed by atoms with Gasteiger partial charge in [-0.05, 0) is 23.3 Å². The van der Waals surface area contributed by atoms with E-state index in [0.29, 0.717) is 18.1 Å². The molecule has 1 aromatic carbocycles. The monoisotopic (exact) mass is 460 g/mol. The largest absolute Gasteiger partial charge is 0.320 e. The number of unbranched alkanes of at least 4 members (excludes halogenated alkanes) is 1. The Kier molecular flexibility index (Phi) is 5.70. The van der Waals surface area contributed by atoms with Gasteiger partial charge in [0.2, 0.25) is 5.82 Å². The van der Waals surface area contributed by atoms with Crippen molar-refractivity contribution in [3.63, 3.8) is 0 Å². The first-order valence-corrected chi connectivity index (χ1v) is 11.1. The van der Waals surface area contributed by atoms with Crippen molar-refractivity contribution >= 4 is 23.5 Å². The number of fused-ring (bicyclic) bond motifs is 1. The summed E-state index contributed by atoms with van der Waals surface area (Å²) in [7, 11) is 0. The van der Waals surface area contributed by atoms with E-state index in [1.54, 1.807) is 0 Å². The molecule has 10 heteroatoms. The predicted molar refractivity (Wildman–Crippen MR) is 124 cm³/mol. The number of benzene rings is 1. The molecule has 4 aromatic heterocycles. The molecule has 33 heavy (non-hydrogen) atoms. The van der Waals surface area contributed by atoms with Crippen LogP contribution in [0.4, 0.5) is 0 Å². The van der Waals surface area contributed by atoms with Crippen LogP contribution in [0.5, 0.6) is 0 Å². The number of carbonyl (C=O) groups excluding carboxylic acids is 1. The van der Waals surface area contributed by atoms with Crippen molar-refractivity contribution in [3.05, 3.63) is 71.0 Å². The molecule has 0 fully saturated rings. The summed E-state index contributed by atoms with van der Waals surface area (Å²) in [6.45, 7) is 2.62. The van der Waals surface area contributed by atoms with E-state index in [9.17, 15) is 4.79 Å². The lowest BCUT2D eigenvalue weighted by molar-refractivity contribution is 0.111. The number of hydrogen-bond donors (Lipinski definition) is 1. The molecule has 0 unspecified atom stereocenters. The molecular formula is C23H21ClN8O. The van der Waals surface area contributed by atoms with Gasteiger partial charge in [-0.15, -0.1) is 10.2 Å². The molecule has 0 spiro atoms. The topological polar surface area (TPSA) is 107 Å². The number of tetrazole rings is 1. The number of aromatic nitrogens is 8. The summed E-state index contributed by atoms with van der Waals surface area (Å²) < 4.78 is 3.87. The zero-order valence-corrected chi connectivity index (χ0v) is 18.7. The highest BCUT2D eigenvalue weighted by molar-refractivity contribution is 6.31. The Morgan fingerprint density at radius 1 is 1.09 bits per heavy atom. The highest BCUT2D eigenvalue weighted by atomic mass is 35.5. The lowest BCUT2D eigenvalue weighted by Gasteiger charge is -2.10. The van der Waals surface area contributed by atoms with Crippen LogP contribution in [0, 0.1) is 0 Å². The minimum atomic E-state index is 0.250. The fraction of sp³-hybridized carbons (Fsp3) is 0.217. The third-order valence-corrected chi connectivity index (χ3v) is 5.83. The lowest BCUT2D eigenvalue weighted by atomic mass is 10.0. The third kappa shape index (κ3) is 4.03. The molecule has 5 rings (SSSR count). The van der Waals surface area contributed by atoms with Crippen molar-refractivity contribution in [2.24, 2.45) is 0 Å². The molecule has 0 amide bonds. The van der Waals surface area contributed by atoms with Gasteiger partial charge in [0.25, 0.3) is 0 Å². The number of aryl methyl sites for hydroxylation is 1. The summed E-state index contributed by atoms with van der Waals surface area (Å²) in [4.78, 5) is 20.8. The number of imidazole rings is 2. The van der Waals surface area contributed by atoms with E-state index in [1.165, 1.54) is 0 Å². The lowest BCUT2D eigenvalue weighted by Crippen LogP contribution is -2.09. The van der Waals surface area contributed by atoms with Crippen LogP contribution in [0.2, 0.25) is 5.15 Å². The van der Waals surface area contributed by atoms with Gasteiger partial charge in [0.1, 0.15) is 17.2 Å². The molecule has 4 heterocycles. The van der Waals surface area contributed by atoms with Gasteiger partial charge in [0.15, 0.2) is 11.4 Å². The van der Waals surface area contributed by atoms with Crippen molar-refractivity contribution in [2.45, 2.75) is 32.7 Å². The molecule has 9 nitrogen and oxygen atoms in total. The van der Waals surface area contributed by atoms with Gasteiger partial charge in [0, 0.05) is 29.9 Å². The molecule has 1 N–H and O–H groups in total. The van der Waals surface area contributed by atoms with Crippen LogP contribution in [0.15, 0.2) is 48.8 Å². The maximum Gasteiger partial charge on any atom is 0.205 e. The average Bonchev–Trinajstić information content (AvgIpc) is 3.57. The Morgan fingerprint density at radius 2 is 1.94 bits per heavy atom. The van der Waals surface area contributed by atoms with Gasteiger partial charge in [-0.1, -0.05) is 55.3 Å². The van der Waals surface area contributed by atoms with Crippen LogP contribution in [-0.4, -0.2) is 45.8 Å². The second-order valence-electron chi connectivity index (χ2n) is 7.72. The number of halogens is 1. The van der Waals surface area contributed by atoms with Gasteiger partial charge < -0.3 is 8.97 Å². The molecule has 5 aromatic rings. The number of carbonyl (C=O) groups is 1. The van der Waals surface area contributed by atoms with Gasteiger partial charge in [-0.25, -0.2) is 9.97 Å². The number of aromatic amines is 1. The summed E-state index contributed by atoms with van der Waals surface area (Å²) in [6, 6.07) is 11.8. The highest BCUT2D eigenvalue weighted by Gasteiger charge is 2.17. The van der Waals surface area contributed by atoms with Gasteiger partial charge in [-0.3, -0.25) is 4.79 Å². The van der Waals surface area contributed by atoms with Crippen LogP contribution in [0.3, 0.4) is 0 Å². The quantitative estimate of drug-likeness (QED) is 0.347. The average molecular weight is 461 g/mol. The zero-order chi connectivity index (χ0) is 22.8. The highest BCUT2D eigenvalue weighted by Crippen LogP contribution is 2.29. The Morgan fingerprint density at radius 3 is 2.70 bits per heavy atom. The zero-order valence-electron chi connectivity index (χ0n) is 17.9. The molecule has 0 aliphatic heterocycles. The molecule has 0 aliphatic rings. The van der Waals surface area contributed by atoms with E-state index < -0.39 is 0 Å². The van der Waals surface area contributed by atoms with Crippen molar-refractivity contribution in [3.8, 4) is 22.6 Å². The number of nitrogens with zero attached hydrogens (tertiary/aromatic N) is 7. The first-order valence-electron chi connectivity index (χ1n) is 10.7. The van der Waals surface area contributed by atoms with E-state index >= 15 is 0 Å². The van der Waals surface area contributed by atoms with E-state index in [1.807, 2.05) is 57.8 Å². The fourth-order valence-electron chi connectivity index (χ4n) is 3.92. The molecule has 0 saturated carbocycles. The summed E-state index contributed by atoms with van der Waals surface area (Å²) >= 11 is 6.22. The van der Waals surface area contributed by atoms with Crippen LogP contribution in [0.25, 0.3) is 28.3 Å². The number of rotatable bonds is 8. The molecule has 0 aliphatic carbocycles. The molecular weight excluding hydrogens is 440 g/mol. The summed E-state index contributed by atoms with van der Waals surface area (Å²) in [6.07, 6.45) is 7.54. The van der Waals surface area contributed by atoms with Crippen LogP contribution in [0.1, 0.15) is 41.6 Å². The standard InChI is InChI=1S/C23H21ClN8O/c1-2-3-8-21-26-22(24)19(14-33)32(21)12-15-9-10-20-25-18(13-31(20)11-15)16-6-4-5-7-17(16)23-27-29-30-28-23/h4-7,9-11,13-14H,2-3,8,12H2,1H3,(H,27,28,29,30). The number of pyridine rings is 1. The summed E-state index contributed by atoms with van der Waals surface area (Å²) in [5.74, 6) is 1.34. The first kappa shape index (κ1) is 21.0. The summed E-state index contributed by atoms with van der Waals surface area (Å²) in [5.41, 5.74) is 4.78. The van der Waals surface area contributed by atoms with Gasteiger partial charge in [-0.2, -0.15) is 5.21 Å². The van der Waals surface area contributed by atoms with Gasteiger partial charge >= 0.3 is 0 Å². The van der Waals surface area contributed by atoms with E-state index in [4.69, 9.17) is 16.6 Å².